The fourth-order valence-corrected chi connectivity index (χ4v) is 2.44. The van der Waals surface area contributed by atoms with Gasteiger partial charge in [0.2, 0.25) is 0 Å². The number of rotatable bonds is 7. The van der Waals surface area contributed by atoms with E-state index in [0.29, 0.717) is 0 Å². The van der Waals surface area contributed by atoms with Gasteiger partial charge in [0.05, 0.1) is 12.1 Å². The number of hydrogen-bond acceptors (Lipinski definition) is 2. The molecular weight excluding hydrogens is 260 g/mol. The molecule has 0 unspecified atom stereocenters. The Balaban J connectivity index is 2.01. The molecule has 0 saturated heterocycles. The van der Waals surface area contributed by atoms with Gasteiger partial charge < -0.3 is 14.6 Å². The molecule has 3 heteroatoms. The molecule has 0 atom stereocenters. The maximum Gasteiger partial charge on any atom is 0.128 e. The number of hydrogen-bond donors (Lipinski definition) is 1. The molecule has 0 aliphatic carbocycles. The van der Waals surface area contributed by atoms with Crippen LogP contribution in [0.15, 0.2) is 30.5 Å². The van der Waals surface area contributed by atoms with Crippen LogP contribution in [-0.4, -0.2) is 23.3 Å². The van der Waals surface area contributed by atoms with E-state index in [1.807, 2.05) is 0 Å². The van der Waals surface area contributed by atoms with Gasteiger partial charge in [-0.3, -0.25) is 0 Å². The molecule has 0 aliphatic heterocycles. The summed E-state index contributed by atoms with van der Waals surface area (Å²) in [5, 5.41) is 4.75. The van der Waals surface area contributed by atoms with Crippen molar-refractivity contribution in [3.8, 4) is 5.75 Å². The van der Waals surface area contributed by atoms with Crippen molar-refractivity contribution in [2.24, 2.45) is 0 Å². The molecule has 1 N–H and O–H groups in total. The van der Waals surface area contributed by atoms with E-state index >= 15 is 0 Å². The summed E-state index contributed by atoms with van der Waals surface area (Å²) in [5.74, 6) is 1.00. The van der Waals surface area contributed by atoms with Crippen molar-refractivity contribution in [2.75, 3.05) is 13.2 Å². The Morgan fingerprint density at radius 2 is 2.00 bits per heavy atom. The monoisotopic (exact) mass is 288 g/mol. The van der Waals surface area contributed by atoms with E-state index in [4.69, 9.17) is 4.74 Å². The maximum atomic E-state index is 5.83. The molecule has 116 valence electrons. The van der Waals surface area contributed by atoms with E-state index < -0.39 is 0 Å². The second kappa shape index (κ2) is 6.99. The highest BCUT2D eigenvalue weighted by Crippen LogP contribution is 2.26. The Hall–Kier alpha value is -1.48. The van der Waals surface area contributed by atoms with Crippen LogP contribution in [0.3, 0.4) is 0 Å². The lowest BCUT2D eigenvalue weighted by molar-refractivity contribution is 0.321. The van der Waals surface area contributed by atoms with Gasteiger partial charge in [-0.2, -0.15) is 0 Å². The Morgan fingerprint density at radius 3 is 2.71 bits per heavy atom. The molecule has 0 aliphatic rings. The van der Waals surface area contributed by atoms with Crippen molar-refractivity contribution in [1.29, 1.82) is 0 Å². The van der Waals surface area contributed by atoms with Crippen LogP contribution in [0.25, 0.3) is 10.9 Å². The van der Waals surface area contributed by atoms with Gasteiger partial charge >= 0.3 is 0 Å². The van der Waals surface area contributed by atoms with Crippen LogP contribution in [0.1, 0.15) is 40.5 Å². The molecule has 0 fully saturated rings. The summed E-state index contributed by atoms with van der Waals surface area (Å²) in [5.41, 5.74) is 1.46. The lowest BCUT2D eigenvalue weighted by atomic mass is 10.1. The third-order valence-corrected chi connectivity index (χ3v) is 3.47. The van der Waals surface area contributed by atoms with E-state index in [-0.39, 0.29) is 5.54 Å². The van der Waals surface area contributed by atoms with Crippen LogP contribution >= 0.6 is 0 Å². The van der Waals surface area contributed by atoms with Crippen LogP contribution in [0.4, 0.5) is 0 Å². The highest BCUT2D eigenvalue weighted by Gasteiger charge is 2.09. The molecular formula is C18H28N2O. The quantitative estimate of drug-likeness (QED) is 0.772. The standard InChI is InChI=1S/C18H28N2O/c1-5-14-21-17-9-6-8-16-15(17)10-13-20(16)12-7-11-19-18(2,3)4/h6,8-10,13,19H,5,7,11-12,14H2,1-4H3. The molecule has 21 heavy (non-hydrogen) atoms. The Kier molecular flexibility index (Phi) is 5.29. The topological polar surface area (TPSA) is 26.2 Å². The fraction of sp³-hybridized carbons (Fsp3) is 0.556. The lowest BCUT2D eigenvalue weighted by Gasteiger charge is -2.20. The minimum atomic E-state index is 0.194. The highest BCUT2D eigenvalue weighted by atomic mass is 16.5. The summed E-state index contributed by atoms with van der Waals surface area (Å²) in [6, 6.07) is 8.48. The molecule has 1 aromatic carbocycles. The summed E-state index contributed by atoms with van der Waals surface area (Å²) in [6.45, 7) is 11.6. The average Bonchev–Trinajstić information content (AvgIpc) is 2.84. The molecule has 1 aromatic heterocycles. The first kappa shape index (κ1) is 15.9. The highest BCUT2D eigenvalue weighted by molar-refractivity contribution is 5.86. The predicted molar refractivity (Wildman–Crippen MR) is 90.1 cm³/mol. The van der Waals surface area contributed by atoms with Gasteiger partial charge in [-0.05, 0) is 58.4 Å². The number of benzene rings is 1. The number of nitrogens with zero attached hydrogens (tertiary/aromatic N) is 1. The van der Waals surface area contributed by atoms with E-state index in [2.05, 4.69) is 68.0 Å². The minimum Gasteiger partial charge on any atom is -0.493 e. The van der Waals surface area contributed by atoms with Crippen LogP contribution in [-0.2, 0) is 6.54 Å². The lowest BCUT2D eigenvalue weighted by Crippen LogP contribution is -2.36. The first-order valence-corrected chi connectivity index (χ1v) is 7.97. The van der Waals surface area contributed by atoms with E-state index in [0.717, 1.165) is 38.3 Å². The van der Waals surface area contributed by atoms with Crippen molar-refractivity contribution in [3.05, 3.63) is 30.5 Å². The van der Waals surface area contributed by atoms with Crippen molar-refractivity contribution in [3.63, 3.8) is 0 Å². The van der Waals surface area contributed by atoms with Gasteiger partial charge in [-0.25, -0.2) is 0 Å². The number of nitrogens with one attached hydrogen (secondary N) is 1. The summed E-state index contributed by atoms with van der Waals surface area (Å²) in [4.78, 5) is 0. The zero-order chi connectivity index (χ0) is 15.3. The molecule has 1 heterocycles. The van der Waals surface area contributed by atoms with Crippen molar-refractivity contribution in [1.82, 2.24) is 9.88 Å². The number of fused-ring (bicyclic) bond motifs is 1. The van der Waals surface area contributed by atoms with Crippen molar-refractivity contribution >= 4 is 10.9 Å². The minimum absolute atomic E-state index is 0.194. The smallest absolute Gasteiger partial charge is 0.128 e. The summed E-state index contributed by atoms with van der Waals surface area (Å²) in [7, 11) is 0. The van der Waals surface area contributed by atoms with Gasteiger partial charge in [-0.1, -0.05) is 13.0 Å². The van der Waals surface area contributed by atoms with Crippen LogP contribution < -0.4 is 10.1 Å². The van der Waals surface area contributed by atoms with Crippen molar-refractivity contribution < 1.29 is 4.74 Å². The van der Waals surface area contributed by atoms with Gasteiger partial charge in [0.1, 0.15) is 5.75 Å². The van der Waals surface area contributed by atoms with Crippen LogP contribution in [0.2, 0.25) is 0 Å². The summed E-state index contributed by atoms with van der Waals surface area (Å²) in [6.07, 6.45) is 4.33. The first-order chi connectivity index (χ1) is 10.0. The SMILES string of the molecule is CCCOc1cccc2c1ccn2CCCNC(C)(C)C. The van der Waals surface area contributed by atoms with E-state index in [1.165, 1.54) is 10.9 Å². The molecule has 3 nitrogen and oxygen atoms in total. The normalized spacial score (nSPS) is 12.0. The second-order valence-electron chi connectivity index (χ2n) is 6.58. The average molecular weight is 288 g/mol. The number of aromatic nitrogens is 1. The van der Waals surface area contributed by atoms with Crippen LogP contribution in [0.5, 0.6) is 5.75 Å². The van der Waals surface area contributed by atoms with Gasteiger partial charge in [-0.15, -0.1) is 0 Å². The molecule has 2 aromatic rings. The van der Waals surface area contributed by atoms with E-state index in [9.17, 15) is 0 Å². The Bertz CT molecular complexity index is 566. The first-order valence-electron chi connectivity index (χ1n) is 7.97. The molecule has 0 saturated carbocycles. The third kappa shape index (κ3) is 4.50. The van der Waals surface area contributed by atoms with Gasteiger partial charge in [0.15, 0.2) is 0 Å². The molecule has 0 bridgehead atoms. The number of ether oxygens (including phenoxy) is 1. The molecule has 0 amide bonds. The van der Waals surface area contributed by atoms with Gasteiger partial charge in [0, 0.05) is 23.7 Å². The predicted octanol–water partition coefficient (Wildman–Crippen LogP) is 4.21. The summed E-state index contributed by atoms with van der Waals surface area (Å²) < 4.78 is 8.14. The maximum absolute atomic E-state index is 5.83. The summed E-state index contributed by atoms with van der Waals surface area (Å²) >= 11 is 0. The van der Waals surface area contributed by atoms with Crippen molar-refractivity contribution in [2.45, 2.75) is 52.6 Å². The largest absolute Gasteiger partial charge is 0.493 e. The van der Waals surface area contributed by atoms with Crippen LogP contribution in [0, 0.1) is 0 Å². The molecule has 0 spiro atoms. The molecule has 0 radical (unpaired) electrons. The Morgan fingerprint density at radius 1 is 1.19 bits per heavy atom. The van der Waals surface area contributed by atoms with E-state index in [1.54, 1.807) is 0 Å². The molecule has 2 rings (SSSR count). The zero-order valence-corrected chi connectivity index (χ0v) is 13.8. The Labute approximate surface area is 128 Å². The van der Waals surface area contributed by atoms with Gasteiger partial charge in [0.25, 0.3) is 0 Å². The fourth-order valence-electron chi connectivity index (χ4n) is 2.44. The number of aryl methyl sites for hydroxylation is 1. The second-order valence-corrected chi connectivity index (χ2v) is 6.58. The zero-order valence-electron chi connectivity index (χ0n) is 13.8. The third-order valence-electron chi connectivity index (χ3n) is 3.47.